The van der Waals surface area contributed by atoms with Crippen LogP contribution in [-0.4, -0.2) is 30.3 Å². The van der Waals surface area contributed by atoms with Crippen LogP contribution in [0.2, 0.25) is 0 Å². The Morgan fingerprint density at radius 1 is 1.37 bits per heavy atom. The van der Waals surface area contributed by atoms with E-state index in [1.54, 1.807) is 13.1 Å². The minimum atomic E-state index is -3.45. The summed E-state index contributed by atoms with van der Waals surface area (Å²) in [4.78, 5) is 23.3. The Kier molecular flexibility index (Phi) is 3.09. The van der Waals surface area contributed by atoms with E-state index in [-0.39, 0.29) is 11.1 Å². The summed E-state index contributed by atoms with van der Waals surface area (Å²) < 4.78 is 29.0. The quantitative estimate of drug-likeness (QED) is 0.776. The van der Waals surface area contributed by atoms with Crippen molar-refractivity contribution in [2.75, 3.05) is 6.26 Å². The lowest BCUT2D eigenvalue weighted by Gasteiger charge is -2.07. The molecule has 0 saturated heterocycles. The van der Waals surface area contributed by atoms with Gasteiger partial charge in [-0.3, -0.25) is 9.36 Å². The molecule has 1 heterocycles. The van der Waals surface area contributed by atoms with Crippen molar-refractivity contribution in [3.05, 3.63) is 34.3 Å². The Hall–Kier alpha value is -1.89. The van der Waals surface area contributed by atoms with Crippen LogP contribution < -0.4 is 5.76 Å². The first kappa shape index (κ1) is 13.5. The highest BCUT2D eigenvalue weighted by molar-refractivity contribution is 7.92. The average molecular weight is 283 g/mol. The molecular formula is C12H13NO5S. The van der Waals surface area contributed by atoms with E-state index in [9.17, 15) is 18.0 Å². The number of oxazole rings is 1. The maximum absolute atomic E-state index is 12.0. The number of sulfone groups is 1. The van der Waals surface area contributed by atoms with Crippen molar-refractivity contribution in [1.29, 1.82) is 0 Å². The number of Topliss-reactive ketones (excluding diaryl/α,β-unsaturated/α-hetero) is 1. The standard InChI is InChI=1S/C12H13NO5S/c1-7(19(3,16)17)11(14)8-4-5-9-10(6-8)18-12(15)13(9)2/h4-7H,1-3H3. The second-order valence-corrected chi connectivity index (χ2v) is 6.81. The van der Waals surface area contributed by atoms with E-state index in [2.05, 4.69) is 0 Å². The highest BCUT2D eigenvalue weighted by Gasteiger charge is 2.25. The molecule has 0 radical (unpaired) electrons. The van der Waals surface area contributed by atoms with Gasteiger partial charge in [-0.15, -0.1) is 0 Å². The summed E-state index contributed by atoms with van der Waals surface area (Å²) in [6.07, 6.45) is 1.01. The second-order valence-electron chi connectivity index (χ2n) is 4.45. The van der Waals surface area contributed by atoms with E-state index in [4.69, 9.17) is 4.42 Å². The third-order valence-corrected chi connectivity index (χ3v) is 4.59. The second kappa shape index (κ2) is 4.34. The topological polar surface area (TPSA) is 86.3 Å². The minimum Gasteiger partial charge on any atom is -0.408 e. The number of benzene rings is 1. The molecule has 7 heteroatoms. The largest absolute Gasteiger partial charge is 0.419 e. The van der Waals surface area contributed by atoms with Gasteiger partial charge in [-0.25, -0.2) is 13.2 Å². The maximum atomic E-state index is 12.0. The molecule has 2 rings (SSSR count). The molecule has 1 atom stereocenters. The number of hydrogen-bond acceptors (Lipinski definition) is 5. The fourth-order valence-electron chi connectivity index (χ4n) is 1.72. The van der Waals surface area contributed by atoms with Gasteiger partial charge in [0.1, 0.15) is 5.25 Å². The van der Waals surface area contributed by atoms with Crippen LogP contribution in [0, 0.1) is 0 Å². The Morgan fingerprint density at radius 2 is 2.00 bits per heavy atom. The van der Waals surface area contributed by atoms with Crippen LogP contribution >= 0.6 is 0 Å². The molecule has 0 N–H and O–H groups in total. The molecule has 0 aliphatic carbocycles. The van der Waals surface area contributed by atoms with Crippen LogP contribution in [0.25, 0.3) is 11.1 Å². The smallest absolute Gasteiger partial charge is 0.408 e. The van der Waals surface area contributed by atoms with Crippen molar-refractivity contribution in [3.63, 3.8) is 0 Å². The minimum absolute atomic E-state index is 0.208. The first-order valence-electron chi connectivity index (χ1n) is 5.54. The van der Waals surface area contributed by atoms with Crippen molar-refractivity contribution >= 4 is 26.7 Å². The van der Waals surface area contributed by atoms with E-state index in [0.29, 0.717) is 5.52 Å². The molecule has 0 fully saturated rings. The number of hydrogen-bond donors (Lipinski definition) is 0. The molecule has 102 valence electrons. The van der Waals surface area contributed by atoms with Crippen molar-refractivity contribution in [2.24, 2.45) is 7.05 Å². The number of fused-ring (bicyclic) bond motifs is 1. The normalized spacial score (nSPS) is 13.6. The van der Waals surface area contributed by atoms with Crippen LogP contribution in [-0.2, 0) is 16.9 Å². The van der Waals surface area contributed by atoms with Gasteiger partial charge < -0.3 is 4.42 Å². The number of carbonyl (C=O) groups excluding carboxylic acids is 1. The van der Waals surface area contributed by atoms with Gasteiger partial charge in [0.2, 0.25) is 0 Å². The first-order valence-corrected chi connectivity index (χ1v) is 7.50. The summed E-state index contributed by atoms with van der Waals surface area (Å²) in [5.41, 5.74) is 1.02. The fourth-order valence-corrected chi connectivity index (χ4v) is 2.24. The summed E-state index contributed by atoms with van der Waals surface area (Å²) in [6.45, 7) is 1.34. The summed E-state index contributed by atoms with van der Waals surface area (Å²) in [7, 11) is -1.90. The first-order chi connectivity index (χ1) is 8.71. The SMILES string of the molecule is CC(C(=O)c1ccc2c(c1)oc(=O)n2C)S(C)(=O)=O. The van der Waals surface area contributed by atoms with Gasteiger partial charge in [-0.05, 0) is 25.1 Å². The molecule has 0 saturated carbocycles. The molecule has 6 nitrogen and oxygen atoms in total. The van der Waals surface area contributed by atoms with Crippen molar-refractivity contribution in [1.82, 2.24) is 4.57 Å². The highest BCUT2D eigenvalue weighted by atomic mass is 32.2. The van der Waals surface area contributed by atoms with Gasteiger partial charge in [-0.2, -0.15) is 0 Å². The molecule has 0 bridgehead atoms. The maximum Gasteiger partial charge on any atom is 0.419 e. The number of ketones is 1. The lowest BCUT2D eigenvalue weighted by molar-refractivity contribution is 0.0991. The number of aromatic nitrogens is 1. The fraction of sp³-hybridized carbons (Fsp3) is 0.333. The Labute approximate surface area is 109 Å². The summed E-state index contributed by atoms with van der Waals surface area (Å²) in [5, 5.41) is -1.12. The van der Waals surface area contributed by atoms with E-state index >= 15 is 0 Å². The van der Waals surface area contributed by atoms with Crippen molar-refractivity contribution in [3.8, 4) is 0 Å². The zero-order valence-corrected chi connectivity index (χ0v) is 11.5. The van der Waals surface area contributed by atoms with Crippen LogP contribution in [0.15, 0.2) is 27.4 Å². The van der Waals surface area contributed by atoms with Crippen LogP contribution in [0.4, 0.5) is 0 Å². The van der Waals surface area contributed by atoms with E-state index < -0.39 is 26.6 Å². The molecule has 0 spiro atoms. The van der Waals surface area contributed by atoms with Gasteiger partial charge in [0.25, 0.3) is 0 Å². The number of carbonyl (C=O) groups is 1. The molecule has 1 aromatic heterocycles. The highest BCUT2D eigenvalue weighted by Crippen LogP contribution is 2.17. The van der Waals surface area contributed by atoms with Crippen LogP contribution in [0.3, 0.4) is 0 Å². The molecule has 2 aromatic rings. The van der Waals surface area contributed by atoms with Crippen molar-refractivity contribution < 1.29 is 17.6 Å². The van der Waals surface area contributed by atoms with Gasteiger partial charge in [-0.1, -0.05) is 0 Å². The zero-order valence-electron chi connectivity index (χ0n) is 10.7. The molecule has 0 aliphatic rings. The number of nitrogens with zero attached hydrogens (tertiary/aromatic N) is 1. The monoisotopic (exact) mass is 283 g/mol. The third-order valence-electron chi connectivity index (χ3n) is 3.09. The van der Waals surface area contributed by atoms with E-state index in [1.165, 1.54) is 23.6 Å². The van der Waals surface area contributed by atoms with Gasteiger partial charge in [0, 0.05) is 18.9 Å². The lowest BCUT2D eigenvalue weighted by Crippen LogP contribution is -2.26. The van der Waals surface area contributed by atoms with Crippen LogP contribution in [0.5, 0.6) is 0 Å². The lowest BCUT2D eigenvalue weighted by atomic mass is 10.1. The molecule has 1 aromatic carbocycles. The van der Waals surface area contributed by atoms with Gasteiger partial charge >= 0.3 is 5.76 Å². The van der Waals surface area contributed by atoms with Crippen molar-refractivity contribution in [2.45, 2.75) is 12.2 Å². The molecule has 1 unspecified atom stereocenters. The molecule has 0 aliphatic heterocycles. The predicted molar refractivity (Wildman–Crippen MR) is 70.1 cm³/mol. The summed E-state index contributed by atoms with van der Waals surface area (Å²) >= 11 is 0. The zero-order chi connectivity index (χ0) is 14.4. The Morgan fingerprint density at radius 3 is 2.58 bits per heavy atom. The average Bonchev–Trinajstić information content (AvgIpc) is 2.61. The van der Waals surface area contributed by atoms with E-state index in [1.807, 2.05) is 0 Å². The predicted octanol–water partition coefficient (Wildman–Crippen LogP) is 0.747. The van der Waals surface area contributed by atoms with Gasteiger partial charge in [0.15, 0.2) is 21.2 Å². The number of rotatable bonds is 3. The molecule has 0 amide bonds. The van der Waals surface area contributed by atoms with Gasteiger partial charge in [0.05, 0.1) is 5.52 Å². The molecule has 19 heavy (non-hydrogen) atoms. The number of aryl methyl sites for hydroxylation is 1. The summed E-state index contributed by atoms with van der Waals surface area (Å²) in [6, 6.07) is 4.44. The van der Waals surface area contributed by atoms with E-state index in [0.717, 1.165) is 6.26 Å². The Balaban J connectivity index is 2.53. The molecular weight excluding hydrogens is 270 g/mol. The summed E-state index contributed by atoms with van der Waals surface area (Å²) in [5.74, 6) is -1.05. The Bertz CT molecular complexity index is 812. The third kappa shape index (κ3) is 2.33. The van der Waals surface area contributed by atoms with Crippen LogP contribution in [0.1, 0.15) is 17.3 Å².